The maximum absolute atomic E-state index is 13.0. The number of likely N-dealkylation sites (tertiary alicyclic amines) is 1. The van der Waals surface area contributed by atoms with Gasteiger partial charge in [0, 0.05) is 31.3 Å². The van der Waals surface area contributed by atoms with Gasteiger partial charge in [0.1, 0.15) is 0 Å². The van der Waals surface area contributed by atoms with E-state index in [-0.39, 0.29) is 30.2 Å². The van der Waals surface area contributed by atoms with Crippen LogP contribution in [0.1, 0.15) is 36.8 Å². The number of carbonyl (C=O) groups excluding carboxylic acids is 2. The first kappa shape index (κ1) is 15.9. The van der Waals surface area contributed by atoms with Crippen LogP contribution in [-0.4, -0.2) is 35.0 Å². The fourth-order valence-corrected chi connectivity index (χ4v) is 3.83. The van der Waals surface area contributed by atoms with E-state index in [4.69, 9.17) is 4.52 Å². The molecule has 130 valence electrons. The molecule has 2 aliphatic rings. The molecule has 6 nitrogen and oxygen atoms in total. The molecule has 2 aliphatic heterocycles. The number of aryl methyl sites for hydroxylation is 1. The molecule has 6 heteroatoms. The molecule has 2 amide bonds. The Kier molecular flexibility index (Phi) is 4.03. The summed E-state index contributed by atoms with van der Waals surface area (Å²) in [4.78, 5) is 29.0. The summed E-state index contributed by atoms with van der Waals surface area (Å²) >= 11 is 0. The van der Waals surface area contributed by atoms with Gasteiger partial charge >= 0.3 is 0 Å². The van der Waals surface area contributed by atoms with E-state index in [2.05, 4.69) is 5.16 Å². The Labute approximate surface area is 146 Å². The zero-order valence-electron chi connectivity index (χ0n) is 14.2. The van der Waals surface area contributed by atoms with Crippen LogP contribution in [0.2, 0.25) is 0 Å². The van der Waals surface area contributed by atoms with Crippen molar-refractivity contribution in [3.8, 4) is 0 Å². The molecule has 0 spiro atoms. The maximum Gasteiger partial charge on any atom is 0.228 e. The summed E-state index contributed by atoms with van der Waals surface area (Å²) in [5.41, 5.74) is 1.67. The zero-order valence-corrected chi connectivity index (χ0v) is 14.2. The number of hydrogen-bond acceptors (Lipinski definition) is 4. The van der Waals surface area contributed by atoms with E-state index >= 15 is 0 Å². The predicted octanol–water partition coefficient (Wildman–Crippen LogP) is 2.70. The van der Waals surface area contributed by atoms with Crippen LogP contribution < -0.4 is 4.90 Å². The van der Waals surface area contributed by atoms with Gasteiger partial charge in [-0.1, -0.05) is 23.4 Å². The van der Waals surface area contributed by atoms with Crippen LogP contribution in [-0.2, 0) is 9.59 Å². The zero-order chi connectivity index (χ0) is 17.4. The van der Waals surface area contributed by atoms with E-state index in [1.54, 1.807) is 4.90 Å². The minimum Gasteiger partial charge on any atom is -0.359 e. The number of carbonyl (C=O) groups is 2. The molecule has 0 aliphatic carbocycles. The lowest BCUT2D eigenvalue weighted by molar-refractivity contribution is -0.137. The molecule has 0 saturated carbocycles. The van der Waals surface area contributed by atoms with Crippen LogP contribution in [0.5, 0.6) is 0 Å². The SMILES string of the molecule is Cc1cc([C@@H]2CCCN2C(=O)[C@H]2CC(=O)N(c3ccccc3)C2)on1. The normalized spacial score (nSPS) is 23.5. The molecular weight excluding hydrogens is 318 g/mol. The fourth-order valence-electron chi connectivity index (χ4n) is 3.83. The second kappa shape index (κ2) is 6.35. The highest BCUT2D eigenvalue weighted by molar-refractivity contribution is 6.00. The minimum atomic E-state index is -0.294. The monoisotopic (exact) mass is 339 g/mol. The van der Waals surface area contributed by atoms with Crippen molar-refractivity contribution >= 4 is 17.5 Å². The number of aromatic nitrogens is 1. The summed E-state index contributed by atoms with van der Waals surface area (Å²) in [5, 5.41) is 3.94. The molecule has 2 saturated heterocycles. The number of anilines is 1. The second-order valence-electron chi connectivity index (χ2n) is 6.80. The molecule has 2 fully saturated rings. The van der Waals surface area contributed by atoms with Gasteiger partial charge in [0.15, 0.2) is 5.76 Å². The highest BCUT2D eigenvalue weighted by atomic mass is 16.5. The summed E-state index contributed by atoms with van der Waals surface area (Å²) in [6, 6.07) is 11.4. The lowest BCUT2D eigenvalue weighted by Crippen LogP contribution is -2.37. The summed E-state index contributed by atoms with van der Waals surface area (Å²) in [6.45, 7) is 3.03. The number of amides is 2. The third-order valence-electron chi connectivity index (χ3n) is 5.05. The molecule has 1 aromatic heterocycles. The van der Waals surface area contributed by atoms with E-state index in [1.165, 1.54) is 0 Å². The number of rotatable bonds is 3. The molecule has 25 heavy (non-hydrogen) atoms. The van der Waals surface area contributed by atoms with Crippen LogP contribution in [0.15, 0.2) is 40.9 Å². The van der Waals surface area contributed by atoms with Crippen LogP contribution >= 0.6 is 0 Å². The van der Waals surface area contributed by atoms with E-state index in [0.717, 1.165) is 30.0 Å². The van der Waals surface area contributed by atoms with E-state index in [9.17, 15) is 9.59 Å². The Morgan fingerprint density at radius 2 is 2.08 bits per heavy atom. The van der Waals surface area contributed by atoms with Crippen LogP contribution in [0.3, 0.4) is 0 Å². The number of nitrogens with zero attached hydrogens (tertiary/aromatic N) is 3. The quantitative estimate of drug-likeness (QED) is 0.862. The number of hydrogen-bond donors (Lipinski definition) is 0. The highest BCUT2D eigenvalue weighted by Gasteiger charge is 2.41. The van der Waals surface area contributed by atoms with E-state index in [1.807, 2.05) is 48.2 Å². The second-order valence-corrected chi connectivity index (χ2v) is 6.80. The smallest absolute Gasteiger partial charge is 0.228 e. The molecule has 1 aromatic carbocycles. The Bertz CT molecular complexity index is 786. The summed E-state index contributed by atoms with van der Waals surface area (Å²) in [5.74, 6) is 0.504. The van der Waals surface area contributed by atoms with Gasteiger partial charge in [0.25, 0.3) is 0 Å². The Hall–Kier alpha value is -2.63. The Morgan fingerprint density at radius 3 is 2.80 bits per heavy atom. The van der Waals surface area contributed by atoms with Gasteiger partial charge < -0.3 is 14.3 Å². The van der Waals surface area contributed by atoms with Crippen LogP contribution in [0, 0.1) is 12.8 Å². The molecule has 3 heterocycles. The summed E-state index contributed by atoms with van der Waals surface area (Å²) in [6.07, 6.45) is 2.09. The van der Waals surface area contributed by atoms with Gasteiger partial charge in [-0.15, -0.1) is 0 Å². The lowest BCUT2D eigenvalue weighted by Gasteiger charge is -2.25. The standard InChI is InChI=1S/C19H21N3O3/c1-13-10-17(25-20-13)16-8-5-9-21(16)19(24)14-11-18(23)22(12-14)15-6-3-2-4-7-15/h2-4,6-7,10,14,16H,5,8-9,11-12H2,1H3/t14-,16-/m0/s1. The highest BCUT2D eigenvalue weighted by Crippen LogP contribution is 2.35. The van der Waals surface area contributed by atoms with Gasteiger partial charge in [-0.25, -0.2) is 0 Å². The van der Waals surface area contributed by atoms with Crippen molar-refractivity contribution in [2.45, 2.75) is 32.2 Å². The third kappa shape index (κ3) is 2.92. The first-order valence-electron chi connectivity index (χ1n) is 8.72. The maximum atomic E-state index is 13.0. The van der Waals surface area contributed by atoms with Gasteiger partial charge in [-0.05, 0) is 31.9 Å². The molecule has 0 N–H and O–H groups in total. The first-order valence-corrected chi connectivity index (χ1v) is 8.72. The number of benzene rings is 1. The average Bonchev–Trinajstić information content (AvgIpc) is 3.34. The summed E-state index contributed by atoms with van der Waals surface area (Å²) in [7, 11) is 0. The molecule has 0 radical (unpaired) electrons. The van der Waals surface area contributed by atoms with Crippen molar-refractivity contribution in [3.05, 3.63) is 47.9 Å². The average molecular weight is 339 g/mol. The van der Waals surface area contributed by atoms with E-state index in [0.29, 0.717) is 13.1 Å². The van der Waals surface area contributed by atoms with Crippen molar-refractivity contribution in [3.63, 3.8) is 0 Å². The Morgan fingerprint density at radius 1 is 1.28 bits per heavy atom. The molecule has 0 unspecified atom stereocenters. The molecule has 0 bridgehead atoms. The van der Waals surface area contributed by atoms with Gasteiger partial charge in [0.05, 0.1) is 17.7 Å². The molecule has 2 atom stereocenters. The van der Waals surface area contributed by atoms with E-state index < -0.39 is 0 Å². The van der Waals surface area contributed by atoms with Crippen molar-refractivity contribution in [1.29, 1.82) is 0 Å². The lowest BCUT2D eigenvalue weighted by atomic mass is 10.1. The Balaban J connectivity index is 1.50. The fraction of sp³-hybridized carbons (Fsp3) is 0.421. The summed E-state index contributed by atoms with van der Waals surface area (Å²) < 4.78 is 5.38. The number of para-hydroxylation sites is 1. The molecular formula is C19H21N3O3. The van der Waals surface area contributed by atoms with Crippen molar-refractivity contribution in [2.75, 3.05) is 18.0 Å². The van der Waals surface area contributed by atoms with Crippen LogP contribution in [0.25, 0.3) is 0 Å². The van der Waals surface area contributed by atoms with Gasteiger partial charge in [0.2, 0.25) is 11.8 Å². The van der Waals surface area contributed by atoms with Crippen molar-refractivity contribution in [1.82, 2.24) is 10.1 Å². The van der Waals surface area contributed by atoms with Crippen molar-refractivity contribution < 1.29 is 14.1 Å². The first-order chi connectivity index (χ1) is 12.1. The van der Waals surface area contributed by atoms with Gasteiger partial charge in [-0.3, -0.25) is 9.59 Å². The predicted molar refractivity (Wildman–Crippen MR) is 91.8 cm³/mol. The topological polar surface area (TPSA) is 66.7 Å². The largest absolute Gasteiger partial charge is 0.359 e. The third-order valence-corrected chi connectivity index (χ3v) is 5.05. The molecule has 4 rings (SSSR count). The van der Waals surface area contributed by atoms with Crippen molar-refractivity contribution in [2.24, 2.45) is 5.92 Å². The van der Waals surface area contributed by atoms with Gasteiger partial charge in [-0.2, -0.15) is 0 Å². The van der Waals surface area contributed by atoms with Crippen LogP contribution in [0.4, 0.5) is 5.69 Å². The minimum absolute atomic E-state index is 0.0100. The molecule has 2 aromatic rings.